The predicted molar refractivity (Wildman–Crippen MR) is 144 cm³/mol. The Labute approximate surface area is 220 Å². The normalized spacial score (nSPS) is 14.4. The van der Waals surface area contributed by atoms with Crippen molar-refractivity contribution < 1.29 is 28.9 Å². The Morgan fingerprint density at radius 2 is 1.54 bits per heavy atom. The van der Waals surface area contributed by atoms with Crippen LogP contribution >= 0.6 is 0 Å². The van der Waals surface area contributed by atoms with Crippen LogP contribution in [0.3, 0.4) is 0 Å². The maximum Gasteiger partial charge on any atom is 0.228 e. The lowest BCUT2D eigenvalue weighted by Crippen LogP contribution is -2.38. The van der Waals surface area contributed by atoms with Crippen molar-refractivity contribution in [2.75, 3.05) is 19.8 Å². The molecule has 0 bridgehead atoms. The van der Waals surface area contributed by atoms with E-state index >= 15 is 0 Å². The minimum Gasteiger partial charge on any atom is -0.507 e. The smallest absolute Gasteiger partial charge is 0.228 e. The number of aromatic hydroxyl groups is 1. The van der Waals surface area contributed by atoms with Gasteiger partial charge in [-0.05, 0) is 62.4 Å². The Balaban J connectivity index is 1.67. The lowest BCUT2D eigenvalue weighted by Gasteiger charge is -2.27. The van der Waals surface area contributed by atoms with Crippen LogP contribution in [0.2, 0.25) is 0 Å². The standard InChI is InChI=1S/C30H41NO6/c1-4-6-15-35-23-18-22(30(29(31)34)13-7-8-14-30)19-24(20-23)36-16-9-17-37-27-12-11-25(21(3)32)28(33)26(27)10-5-2/h11-12,18-20,33H,4-10,13-17H2,1-3H3,(H2,31,34). The molecule has 0 radical (unpaired) electrons. The summed E-state index contributed by atoms with van der Waals surface area (Å²) in [4.78, 5) is 24.3. The van der Waals surface area contributed by atoms with E-state index in [4.69, 9.17) is 19.9 Å². The molecule has 0 atom stereocenters. The zero-order valence-electron chi connectivity index (χ0n) is 22.4. The maximum atomic E-state index is 12.5. The first-order valence-corrected chi connectivity index (χ1v) is 13.5. The van der Waals surface area contributed by atoms with Crippen LogP contribution in [-0.2, 0) is 16.6 Å². The van der Waals surface area contributed by atoms with Crippen molar-refractivity contribution in [3.63, 3.8) is 0 Å². The lowest BCUT2D eigenvalue weighted by atomic mass is 9.78. The van der Waals surface area contributed by atoms with E-state index in [9.17, 15) is 14.7 Å². The summed E-state index contributed by atoms with van der Waals surface area (Å²) in [5.74, 6) is 1.46. The summed E-state index contributed by atoms with van der Waals surface area (Å²) in [5.41, 5.74) is 7.04. The van der Waals surface area contributed by atoms with Gasteiger partial charge in [0.05, 0.1) is 30.8 Å². The number of nitrogens with two attached hydrogens (primary N) is 1. The Morgan fingerprint density at radius 3 is 2.11 bits per heavy atom. The number of phenolic OH excluding ortho intramolecular Hbond substituents is 1. The molecule has 1 aliphatic carbocycles. The van der Waals surface area contributed by atoms with E-state index in [1.807, 2.05) is 25.1 Å². The van der Waals surface area contributed by atoms with Crippen molar-refractivity contribution in [2.24, 2.45) is 5.73 Å². The first-order chi connectivity index (χ1) is 17.8. The average molecular weight is 512 g/mol. The third-order valence-electron chi connectivity index (χ3n) is 7.06. The minimum absolute atomic E-state index is 0.00538. The highest BCUT2D eigenvalue weighted by molar-refractivity contribution is 5.97. The molecule has 3 rings (SSSR count). The molecule has 37 heavy (non-hydrogen) atoms. The number of amides is 1. The fraction of sp³-hybridized carbons (Fsp3) is 0.533. The van der Waals surface area contributed by atoms with Gasteiger partial charge in [-0.3, -0.25) is 9.59 Å². The van der Waals surface area contributed by atoms with Crippen molar-refractivity contribution in [1.29, 1.82) is 0 Å². The van der Waals surface area contributed by atoms with E-state index < -0.39 is 5.41 Å². The number of hydrogen-bond donors (Lipinski definition) is 2. The molecule has 7 heteroatoms. The first kappa shape index (κ1) is 28.4. The van der Waals surface area contributed by atoms with E-state index in [2.05, 4.69) is 6.92 Å². The largest absolute Gasteiger partial charge is 0.507 e. The zero-order valence-corrected chi connectivity index (χ0v) is 22.4. The topological polar surface area (TPSA) is 108 Å². The van der Waals surface area contributed by atoms with E-state index in [1.54, 1.807) is 12.1 Å². The molecule has 0 aliphatic heterocycles. The van der Waals surface area contributed by atoms with Crippen LogP contribution in [-0.4, -0.2) is 36.6 Å². The molecule has 202 valence electrons. The van der Waals surface area contributed by atoms with Crippen LogP contribution < -0.4 is 19.9 Å². The predicted octanol–water partition coefficient (Wildman–Crippen LogP) is 5.87. The van der Waals surface area contributed by atoms with Gasteiger partial charge in [-0.1, -0.05) is 39.5 Å². The van der Waals surface area contributed by atoms with Crippen LogP contribution in [0.5, 0.6) is 23.0 Å². The molecule has 0 saturated heterocycles. The second kappa shape index (κ2) is 13.4. The van der Waals surface area contributed by atoms with Gasteiger partial charge in [0.1, 0.15) is 23.0 Å². The van der Waals surface area contributed by atoms with Crippen molar-refractivity contribution in [3.8, 4) is 23.0 Å². The second-order valence-corrected chi connectivity index (χ2v) is 9.84. The van der Waals surface area contributed by atoms with Crippen molar-refractivity contribution in [3.05, 3.63) is 47.0 Å². The molecule has 1 fully saturated rings. The Morgan fingerprint density at radius 1 is 0.919 bits per heavy atom. The SMILES string of the molecule is CCCCOc1cc(OCCCOc2ccc(C(C)=O)c(O)c2CCC)cc(C2(C(N)=O)CCCC2)c1. The third-order valence-corrected chi connectivity index (χ3v) is 7.06. The number of ether oxygens (including phenoxy) is 3. The van der Waals surface area contributed by atoms with Gasteiger partial charge in [-0.2, -0.15) is 0 Å². The number of unbranched alkanes of at least 4 members (excludes halogenated alkanes) is 1. The monoisotopic (exact) mass is 511 g/mol. The summed E-state index contributed by atoms with van der Waals surface area (Å²) in [6.07, 6.45) is 7.45. The van der Waals surface area contributed by atoms with Gasteiger partial charge in [-0.15, -0.1) is 0 Å². The van der Waals surface area contributed by atoms with Gasteiger partial charge in [-0.25, -0.2) is 0 Å². The zero-order chi connectivity index (χ0) is 26.8. The molecule has 3 N–H and O–H groups in total. The number of benzene rings is 2. The van der Waals surface area contributed by atoms with E-state index in [-0.39, 0.29) is 17.4 Å². The quantitative estimate of drug-likeness (QED) is 0.229. The number of carbonyl (C=O) groups is 2. The molecule has 2 aromatic carbocycles. The van der Waals surface area contributed by atoms with Crippen molar-refractivity contribution in [1.82, 2.24) is 0 Å². The van der Waals surface area contributed by atoms with E-state index in [0.717, 1.165) is 50.5 Å². The fourth-order valence-electron chi connectivity index (χ4n) is 4.96. The minimum atomic E-state index is -0.672. The van der Waals surface area contributed by atoms with Gasteiger partial charge in [0.2, 0.25) is 5.91 Å². The number of primary amides is 1. The van der Waals surface area contributed by atoms with Gasteiger partial charge < -0.3 is 25.1 Å². The highest BCUT2D eigenvalue weighted by Crippen LogP contribution is 2.43. The summed E-state index contributed by atoms with van der Waals surface area (Å²) < 4.78 is 18.0. The van der Waals surface area contributed by atoms with Gasteiger partial charge in [0, 0.05) is 18.1 Å². The van der Waals surface area contributed by atoms with Crippen LogP contribution in [0.1, 0.15) is 93.6 Å². The maximum absolute atomic E-state index is 12.5. The number of ketones is 1. The van der Waals surface area contributed by atoms with Crippen LogP contribution in [0.25, 0.3) is 0 Å². The average Bonchev–Trinajstić information content (AvgIpc) is 3.37. The molecular weight excluding hydrogens is 470 g/mol. The number of carbonyl (C=O) groups excluding carboxylic acids is 2. The van der Waals surface area contributed by atoms with E-state index in [0.29, 0.717) is 61.0 Å². The molecule has 1 amide bonds. The number of Topliss-reactive ketones (excluding diaryl/α,β-unsaturated/α-hetero) is 1. The first-order valence-electron chi connectivity index (χ1n) is 13.5. The molecule has 0 aromatic heterocycles. The Kier molecular flexibility index (Phi) is 10.2. The molecule has 1 saturated carbocycles. The van der Waals surface area contributed by atoms with Crippen molar-refractivity contribution >= 4 is 11.7 Å². The van der Waals surface area contributed by atoms with Crippen LogP contribution in [0.15, 0.2) is 30.3 Å². The fourth-order valence-corrected chi connectivity index (χ4v) is 4.96. The highest BCUT2D eigenvalue weighted by Gasteiger charge is 2.41. The van der Waals surface area contributed by atoms with Gasteiger partial charge >= 0.3 is 0 Å². The van der Waals surface area contributed by atoms with Crippen molar-refractivity contribution in [2.45, 2.75) is 84.0 Å². The molecule has 1 aliphatic rings. The second-order valence-electron chi connectivity index (χ2n) is 9.84. The Hall–Kier alpha value is -3.22. The van der Waals surface area contributed by atoms with Crippen LogP contribution in [0.4, 0.5) is 0 Å². The molecular formula is C30H41NO6. The van der Waals surface area contributed by atoms with E-state index in [1.165, 1.54) is 6.92 Å². The molecule has 2 aromatic rings. The summed E-state index contributed by atoms with van der Waals surface area (Å²) >= 11 is 0. The Bertz CT molecular complexity index is 1070. The highest BCUT2D eigenvalue weighted by atomic mass is 16.5. The molecule has 7 nitrogen and oxygen atoms in total. The molecule has 0 unspecified atom stereocenters. The number of rotatable bonds is 15. The van der Waals surface area contributed by atoms with Gasteiger partial charge in [0.15, 0.2) is 5.78 Å². The number of phenols is 1. The summed E-state index contributed by atoms with van der Waals surface area (Å²) in [5, 5.41) is 10.5. The lowest BCUT2D eigenvalue weighted by molar-refractivity contribution is -0.123. The summed E-state index contributed by atoms with van der Waals surface area (Å²) in [7, 11) is 0. The molecule has 0 heterocycles. The molecule has 0 spiro atoms. The van der Waals surface area contributed by atoms with Gasteiger partial charge in [0.25, 0.3) is 0 Å². The number of hydrogen-bond acceptors (Lipinski definition) is 6. The van der Waals surface area contributed by atoms with Crippen LogP contribution in [0, 0.1) is 0 Å². The third kappa shape index (κ3) is 6.96. The summed E-state index contributed by atoms with van der Waals surface area (Å²) in [6.45, 7) is 6.96. The summed E-state index contributed by atoms with van der Waals surface area (Å²) in [6, 6.07) is 9.07.